The monoisotopic (exact) mass is 281 g/mol. The topological polar surface area (TPSA) is 60.0 Å². The van der Waals surface area contributed by atoms with Crippen LogP contribution in [0.15, 0.2) is 24.8 Å². The molecule has 1 aromatic carbocycles. The van der Waals surface area contributed by atoms with Gasteiger partial charge in [-0.1, -0.05) is 6.08 Å². The molecule has 2 N–H and O–H groups in total. The highest BCUT2D eigenvalue weighted by Crippen LogP contribution is 2.36. The molecule has 0 aromatic heterocycles. The maximum atomic E-state index is 9.81. The molecule has 0 saturated carbocycles. The van der Waals surface area contributed by atoms with E-state index in [2.05, 4.69) is 11.9 Å². The van der Waals surface area contributed by atoms with Crippen molar-refractivity contribution >= 4 is 0 Å². The van der Waals surface area contributed by atoms with Crippen LogP contribution in [0.4, 0.5) is 0 Å². The van der Waals surface area contributed by atoms with Crippen LogP contribution in [-0.2, 0) is 11.3 Å². The highest BCUT2D eigenvalue weighted by molar-refractivity contribution is 5.52. The molecule has 1 rings (SSSR count). The minimum absolute atomic E-state index is 0.0199. The molecule has 1 aromatic rings. The Morgan fingerprint density at radius 3 is 2.40 bits per heavy atom. The molecule has 5 heteroatoms. The minimum atomic E-state index is 0.0199. The number of methoxy groups -OCH3 is 2. The van der Waals surface area contributed by atoms with E-state index in [1.807, 2.05) is 6.08 Å². The van der Waals surface area contributed by atoms with Crippen LogP contribution in [-0.4, -0.2) is 39.1 Å². The summed E-state index contributed by atoms with van der Waals surface area (Å²) in [5.74, 6) is 0.832. The fourth-order valence-electron chi connectivity index (χ4n) is 1.70. The molecule has 0 unspecified atom stereocenters. The standard InChI is InChI=1S/C15H23NO4/c1-4-5-7-20-8-6-16-11-12-9-13(18-2)15(17)14(10-12)19-3/h4,9-10,16-17H,1,5-8,11H2,2-3H3. The summed E-state index contributed by atoms with van der Waals surface area (Å²) in [4.78, 5) is 0. The molecule has 0 aliphatic carbocycles. The molecular formula is C15H23NO4. The number of hydrogen-bond acceptors (Lipinski definition) is 5. The lowest BCUT2D eigenvalue weighted by Crippen LogP contribution is -2.19. The first kappa shape index (κ1) is 16.3. The molecule has 0 spiro atoms. The van der Waals surface area contributed by atoms with Crippen molar-refractivity contribution in [3.05, 3.63) is 30.4 Å². The van der Waals surface area contributed by atoms with Gasteiger partial charge in [-0.05, 0) is 24.1 Å². The number of benzene rings is 1. The Bertz CT molecular complexity index is 395. The quantitative estimate of drug-likeness (QED) is 0.508. The second-order valence-corrected chi connectivity index (χ2v) is 4.22. The molecule has 0 fully saturated rings. The Morgan fingerprint density at radius 2 is 1.85 bits per heavy atom. The van der Waals surface area contributed by atoms with Crippen molar-refractivity contribution in [2.45, 2.75) is 13.0 Å². The SMILES string of the molecule is C=CCCOCCNCc1cc(OC)c(O)c(OC)c1. The molecule has 0 heterocycles. The summed E-state index contributed by atoms with van der Waals surface area (Å²) in [6, 6.07) is 3.56. The van der Waals surface area contributed by atoms with E-state index in [0.29, 0.717) is 31.3 Å². The lowest BCUT2D eigenvalue weighted by molar-refractivity contribution is 0.140. The van der Waals surface area contributed by atoms with Gasteiger partial charge in [-0.2, -0.15) is 0 Å². The van der Waals surface area contributed by atoms with Crippen LogP contribution in [0.25, 0.3) is 0 Å². The van der Waals surface area contributed by atoms with Gasteiger partial charge in [0.25, 0.3) is 0 Å². The van der Waals surface area contributed by atoms with Gasteiger partial charge in [-0.25, -0.2) is 0 Å². The first-order valence-electron chi connectivity index (χ1n) is 6.56. The molecule has 112 valence electrons. The zero-order chi connectivity index (χ0) is 14.8. The largest absolute Gasteiger partial charge is 0.502 e. The molecule has 0 amide bonds. The summed E-state index contributed by atoms with van der Waals surface area (Å²) in [5, 5.41) is 13.1. The maximum absolute atomic E-state index is 9.81. The molecule has 0 radical (unpaired) electrons. The van der Waals surface area contributed by atoms with Crippen molar-refractivity contribution < 1.29 is 19.3 Å². The minimum Gasteiger partial charge on any atom is -0.502 e. The average molecular weight is 281 g/mol. The summed E-state index contributed by atoms with van der Waals surface area (Å²) < 4.78 is 15.6. The van der Waals surface area contributed by atoms with Crippen molar-refractivity contribution in [3.8, 4) is 17.2 Å². The fraction of sp³-hybridized carbons (Fsp3) is 0.467. The molecule has 0 saturated heterocycles. The molecular weight excluding hydrogens is 258 g/mol. The Hall–Kier alpha value is -1.72. The lowest BCUT2D eigenvalue weighted by atomic mass is 10.2. The molecule has 0 aliphatic rings. The normalized spacial score (nSPS) is 10.3. The zero-order valence-corrected chi connectivity index (χ0v) is 12.1. The van der Waals surface area contributed by atoms with Crippen LogP contribution in [0, 0.1) is 0 Å². The van der Waals surface area contributed by atoms with Crippen LogP contribution in [0.5, 0.6) is 17.2 Å². The van der Waals surface area contributed by atoms with Crippen molar-refractivity contribution in [1.82, 2.24) is 5.32 Å². The summed E-state index contributed by atoms with van der Waals surface area (Å²) in [6.07, 6.45) is 2.70. The van der Waals surface area contributed by atoms with Gasteiger partial charge in [0, 0.05) is 13.1 Å². The van der Waals surface area contributed by atoms with Gasteiger partial charge in [0.15, 0.2) is 11.5 Å². The van der Waals surface area contributed by atoms with Gasteiger partial charge in [0.1, 0.15) is 0 Å². The molecule has 0 bridgehead atoms. The predicted molar refractivity (Wildman–Crippen MR) is 78.6 cm³/mol. The molecule has 0 atom stereocenters. The van der Waals surface area contributed by atoms with Crippen LogP contribution < -0.4 is 14.8 Å². The third-order valence-electron chi connectivity index (χ3n) is 2.76. The van der Waals surface area contributed by atoms with E-state index in [1.165, 1.54) is 14.2 Å². The predicted octanol–water partition coefficient (Wildman–Crippen LogP) is 2.09. The van der Waals surface area contributed by atoms with E-state index in [0.717, 1.165) is 18.5 Å². The van der Waals surface area contributed by atoms with Crippen LogP contribution in [0.1, 0.15) is 12.0 Å². The highest BCUT2D eigenvalue weighted by atomic mass is 16.5. The van der Waals surface area contributed by atoms with Crippen molar-refractivity contribution in [2.75, 3.05) is 34.0 Å². The summed E-state index contributed by atoms with van der Waals surface area (Å²) >= 11 is 0. The van der Waals surface area contributed by atoms with Crippen LogP contribution in [0.2, 0.25) is 0 Å². The van der Waals surface area contributed by atoms with E-state index in [-0.39, 0.29) is 5.75 Å². The van der Waals surface area contributed by atoms with E-state index < -0.39 is 0 Å². The van der Waals surface area contributed by atoms with Crippen molar-refractivity contribution in [3.63, 3.8) is 0 Å². The van der Waals surface area contributed by atoms with Crippen molar-refractivity contribution in [2.24, 2.45) is 0 Å². The number of aromatic hydroxyl groups is 1. The van der Waals surface area contributed by atoms with Gasteiger partial charge < -0.3 is 24.6 Å². The summed E-state index contributed by atoms with van der Waals surface area (Å²) in [5.41, 5.74) is 0.975. The van der Waals surface area contributed by atoms with E-state index in [1.54, 1.807) is 12.1 Å². The first-order valence-corrected chi connectivity index (χ1v) is 6.56. The number of ether oxygens (including phenoxy) is 3. The number of phenolic OH excluding ortho intramolecular Hbond substituents is 1. The third kappa shape index (κ3) is 5.11. The Balaban J connectivity index is 2.41. The van der Waals surface area contributed by atoms with Gasteiger partial charge in [0.2, 0.25) is 5.75 Å². The van der Waals surface area contributed by atoms with E-state index in [9.17, 15) is 5.11 Å². The third-order valence-corrected chi connectivity index (χ3v) is 2.76. The average Bonchev–Trinajstić information content (AvgIpc) is 2.47. The van der Waals surface area contributed by atoms with Gasteiger partial charge in [0.05, 0.1) is 27.4 Å². The van der Waals surface area contributed by atoms with Gasteiger partial charge in [-0.3, -0.25) is 0 Å². The maximum Gasteiger partial charge on any atom is 0.200 e. The molecule has 5 nitrogen and oxygen atoms in total. The van der Waals surface area contributed by atoms with Crippen molar-refractivity contribution in [1.29, 1.82) is 0 Å². The fourth-order valence-corrected chi connectivity index (χ4v) is 1.70. The van der Waals surface area contributed by atoms with Crippen LogP contribution in [0.3, 0.4) is 0 Å². The van der Waals surface area contributed by atoms with Crippen LogP contribution >= 0.6 is 0 Å². The Kier molecular flexibility index (Phi) is 7.54. The summed E-state index contributed by atoms with van der Waals surface area (Å²) in [7, 11) is 3.03. The molecule has 0 aliphatic heterocycles. The first-order chi connectivity index (χ1) is 9.72. The smallest absolute Gasteiger partial charge is 0.200 e. The molecule has 20 heavy (non-hydrogen) atoms. The Labute approximate surface area is 120 Å². The number of hydrogen-bond donors (Lipinski definition) is 2. The van der Waals surface area contributed by atoms with E-state index >= 15 is 0 Å². The number of phenols is 1. The number of nitrogens with one attached hydrogen (secondary N) is 1. The summed E-state index contributed by atoms with van der Waals surface area (Å²) in [6.45, 7) is 6.39. The lowest BCUT2D eigenvalue weighted by Gasteiger charge is -2.12. The second kappa shape index (κ2) is 9.23. The van der Waals surface area contributed by atoms with Gasteiger partial charge >= 0.3 is 0 Å². The Morgan fingerprint density at radius 1 is 1.20 bits per heavy atom. The number of rotatable bonds is 10. The van der Waals surface area contributed by atoms with E-state index in [4.69, 9.17) is 14.2 Å². The highest BCUT2D eigenvalue weighted by Gasteiger charge is 2.10. The second-order valence-electron chi connectivity index (χ2n) is 4.22. The zero-order valence-electron chi connectivity index (χ0n) is 12.1. The van der Waals surface area contributed by atoms with Gasteiger partial charge in [-0.15, -0.1) is 6.58 Å².